The Balaban J connectivity index is 1.91. The summed E-state index contributed by atoms with van der Waals surface area (Å²) in [6, 6.07) is 3.77. The molecule has 8 nitrogen and oxygen atoms in total. The number of hydrogen-bond donors (Lipinski definition) is 1. The lowest BCUT2D eigenvalue weighted by molar-refractivity contribution is -0.150. The Kier molecular flexibility index (Phi) is 8.30. The minimum atomic E-state index is -4.64. The average molecular weight is 500 g/mol. The average Bonchev–Trinajstić information content (AvgIpc) is 3.61. The van der Waals surface area contributed by atoms with Gasteiger partial charge in [-0.3, -0.25) is 14.4 Å². The molecular weight excluding hydrogens is 467 g/mol. The number of halogens is 3. The van der Waals surface area contributed by atoms with Crippen molar-refractivity contribution in [3.63, 3.8) is 0 Å². The van der Waals surface area contributed by atoms with E-state index in [9.17, 15) is 27.6 Å². The summed E-state index contributed by atoms with van der Waals surface area (Å²) in [6.45, 7) is 4.58. The van der Waals surface area contributed by atoms with Crippen molar-refractivity contribution in [3.05, 3.63) is 23.8 Å². The van der Waals surface area contributed by atoms with Crippen LogP contribution in [-0.4, -0.2) is 79.7 Å². The van der Waals surface area contributed by atoms with Crippen molar-refractivity contribution in [2.45, 2.75) is 51.4 Å². The lowest BCUT2D eigenvalue weighted by atomic mass is 10.0. The zero-order chi connectivity index (χ0) is 25.9. The van der Waals surface area contributed by atoms with E-state index in [-0.39, 0.29) is 65.9 Å². The quantitative estimate of drug-likeness (QED) is 0.687. The van der Waals surface area contributed by atoms with Gasteiger partial charge in [-0.25, -0.2) is 0 Å². The molecule has 1 aliphatic carbocycles. The number of methoxy groups -OCH3 is 1. The van der Waals surface area contributed by atoms with Crippen molar-refractivity contribution < 1.29 is 37.0 Å². The second-order valence-electron chi connectivity index (χ2n) is 9.41. The maximum Gasteiger partial charge on any atom is 0.397 e. The first-order valence-electron chi connectivity index (χ1n) is 11.6. The van der Waals surface area contributed by atoms with E-state index >= 15 is 0 Å². The predicted molar refractivity (Wildman–Crippen MR) is 122 cm³/mol. The molecule has 0 radical (unpaired) electrons. The van der Waals surface area contributed by atoms with E-state index in [0.717, 1.165) is 12.8 Å². The molecule has 3 rings (SSSR count). The molecular formula is C24H32F3N3O5. The molecule has 0 bridgehead atoms. The first kappa shape index (κ1) is 26.8. The Morgan fingerprint density at radius 1 is 1.20 bits per heavy atom. The normalized spacial score (nSPS) is 24.1. The van der Waals surface area contributed by atoms with Crippen LogP contribution in [0.5, 0.6) is 5.75 Å². The number of benzene rings is 1. The highest BCUT2D eigenvalue weighted by atomic mass is 19.4. The molecule has 11 heteroatoms. The number of alkyl halides is 3. The Labute approximate surface area is 202 Å². The summed E-state index contributed by atoms with van der Waals surface area (Å²) >= 11 is 0. The fourth-order valence-corrected chi connectivity index (χ4v) is 4.11. The second-order valence-corrected chi connectivity index (χ2v) is 9.41. The van der Waals surface area contributed by atoms with Crippen LogP contribution in [0.25, 0.3) is 0 Å². The SMILES string of the molecule is CO[C@H]1CN(C)C(=O)c2ccc(NC(=O)CC(F)(F)F)cc2OC[C@H](C)N(C(=O)C2CC2)C[C@H]1C. The van der Waals surface area contributed by atoms with Gasteiger partial charge in [0.05, 0.1) is 17.7 Å². The highest BCUT2D eigenvalue weighted by Crippen LogP contribution is 2.33. The zero-order valence-electron chi connectivity index (χ0n) is 20.4. The smallest absolute Gasteiger partial charge is 0.397 e. The van der Waals surface area contributed by atoms with Crippen LogP contribution in [0, 0.1) is 11.8 Å². The Bertz CT molecular complexity index is 951. The van der Waals surface area contributed by atoms with Crippen LogP contribution in [0.3, 0.4) is 0 Å². The summed E-state index contributed by atoms with van der Waals surface area (Å²) in [5.41, 5.74) is 0.263. The van der Waals surface area contributed by atoms with Crippen molar-refractivity contribution in [1.82, 2.24) is 9.80 Å². The van der Waals surface area contributed by atoms with Crippen LogP contribution in [0.15, 0.2) is 18.2 Å². The van der Waals surface area contributed by atoms with Crippen molar-refractivity contribution in [2.75, 3.05) is 39.2 Å². The van der Waals surface area contributed by atoms with Crippen LogP contribution in [0.4, 0.5) is 18.9 Å². The van der Waals surface area contributed by atoms with Gasteiger partial charge in [0, 0.05) is 50.8 Å². The van der Waals surface area contributed by atoms with Crippen LogP contribution < -0.4 is 10.1 Å². The number of ether oxygens (including phenoxy) is 2. The molecule has 1 saturated carbocycles. The van der Waals surface area contributed by atoms with Crippen molar-refractivity contribution in [1.29, 1.82) is 0 Å². The summed E-state index contributed by atoms with van der Waals surface area (Å²) in [6.07, 6.45) is -4.88. The molecule has 35 heavy (non-hydrogen) atoms. The number of hydrogen-bond acceptors (Lipinski definition) is 5. The fourth-order valence-electron chi connectivity index (χ4n) is 4.11. The standard InChI is InChI=1S/C24H32F3N3O5/c1-14-11-30(22(32)16-5-6-16)15(2)13-35-19-9-17(28-21(31)10-24(25,26)27)7-8-18(19)23(33)29(3)12-20(14)34-4/h7-9,14-16,20H,5-6,10-13H2,1-4H3,(H,28,31)/t14-,15+,20+/m1/s1. The first-order valence-corrected chi connectivity index (χ1v) is 11.6. The number of carbonyl (C=O) groups is 3. The molecule has 194 valence electrons. The maximum atomic E-state index is 13.2. The predicted octanol–water partition coefficient (Wildman–Crippen LogP) is 3.32. The molecule has 0 saturated heterocycles. The van der Waals surface area contributed by atoms with Gasteiger partial charge in [-0.2, -0.15) is 13.2 Å². The first-order chi connectivity index (χ1) is 16.4. The molecule has 0 unspecified atom stereocenters. The molecule has 1 aromatic rings. The zero-order valence-corrected chi connectivity index (χ0v) is 20.4. The minimum Gasteiger partial charge on any atom is -0.491 e. The van der Waals surface area contributed by atoms with E-state index in [0.29, 0.717) is 6.54 Å². The van der Waals surface area contributed by atoms with E-state index in [2.05, 4.69) is 5.32 Å². The van der Waals surface area contributed by atoms with Crippen LogP contribution in [0.1, 0.15) is 43.5 Å². The number of rotatable bonds is 4. The molecule has 3 atom stereocenters. The van der Waals surface area contributed by atoms with Gasteiger partial charge in [0.1, 0.15) is 18.8 Å². The van der Waals surface area contributed by atoms with Crippen LogP contribution in [0.2, 0.25) is 0 Å². The van der Waals surface area contributed by atoms with Gasteiger partial charge in [-0.1, -0.05) is 6.92 Å². The number of anilines is 1. The van der Waals surface area contributed by atoms with Crippen LogP contribution >= 0.6 is 0 Å². The highest BCUT2D eigenvalue weighted by Gasteiger charge is 2.37. The molecule has 1 aliphatic heterocycles. The van der Waals surface area contributed by atoms with Crippen LogP contribution in [-0.2, 0) is 14.3 Å². The van der Waals surface area contributed by atoms with Gasteiger partial charge >= 0.3 is 6.18 Å². The van der Waals surface area contributed by atoms with Crippen molar-refractivity contribution in [3.8, 4) is 5.75 Å². The van der Waals surface area contributed by atoms with E-state index in [4.69, 9.17) is 9.47 Å². The molecule has 1 N–H and O–H groups in total. The van der Waals surface area contributed by atoms with Gasteiger partial charge in [0.15, 0.2) is 0 Å². The maximum absolute atomic E-state index is 13.2. The summed E-state index contributed by atoms with van der Waals surface area (Å²) in [7, 11) is 3.18. The third-order valence-electron chi connectivity index (χ3n) is 6.30. The fraction of sp³-hybridized carbons (Fsp3) is 0.625. The van der Waals surface area contributed by atoms with E-state index < -0.39 is 18.5 Å². The van der Waals surface area contributed by atoms with Gasteiger partial charge < -0.3 is 24.6 Å². The Morgan fingerprint density at radius 2 is 1.89 bits per heavy atom. The molecule has 2 aliphatic rings. The van der Waals surface area contributed by atoms with Crippen molar-refractivity contribution >= 4 is 23.4 Å². The number of amides is 3. The monoisotopic (exact) mass is 499 g/mol. The number of fused-ring (bicyclic) bond motifs is 1. The third-order valence-corrected chi connectivity index (χ3v) is 6.30. The van der Waals surface area contributed by atoms with E-state index in [1.54, 1.807) is 19.1 Å². The molecule has 3 amide bonds. The van der Waals surface area contributed by atoms with Gasteiger partial charge in [-0.05, 0) is 31.9 Å². The number of nitrogens with one attached hydrogen (secondary N) is 1. The molecule has 0 spiro atoms. The second kappa shape index (κ2) is 10.8. The third kappa shape index (κ3) is 7.09. The number of likely N-dealkylation sites (N-methyl/N-ethyl adjacent to an activating group) is 1. The summed E-state index contributed by atoms with van der Waals surface area (Å²) in [4.78, 5) is 41.2. The summed E-state index contributed by atoms with van der Waals surface area (Å²) in [5.74, 6) is -1.46. The van der Waals surface area contributed by atoms with Gasteiger partial charge in [-0.15, -0.1) is 0 Å². The largest absolute Gasteiger partial charge is 0.491 e. The Morgan fingerprint density at radius 3 is 2.49 bits per heavy atom. The van der Waals surface area contributed by atoms with Crippen molar-refractivity contribution in [2.24, 2.45) is 11.8 Å². The molecule has 1 aromatic carbocycles. The molecule has 0 aromatic heterocycles. The van der Waals surface area contributed by atoms with Gasteiger partial charge in [0.25, 0.3) is 5.91 Å². The number of carbonyl (C=O) groups excluding carboxylic acids is 3. The van der Waals surface area contributed by atoms with Gasteiger partial charge in [0.2, 0.25) is 11.8 Å². The molecule has 1 heterocycles. The topological polar surface area (TPSA) is 88.2 Å². The number of nitrogens with zero attached hydrogens (tertiary/aromatic N) is 2. The lowest BCUT2D eigenvalue weighted by Gasteiger charge is -2.36. The minimum absolute atomic E-state index is 0.00513. The van der Waals surface area contributed by atoms with E-state index in [1.165, 1.54) is 23.1 Å². The summed E-state index contributed by atoms with van der Waals surface area (Å²) in [5, 5.41) is 2.20. The highest BCUT2D eigenvalue weighted by molar-refractivity contribution is 5.98. The molecule has 1 fully saturated rings. The lowest BCUT2D eigenvalue weighted by Crippen LogP contribution is -2.49. The Hall–Kier alpha value is -2.82. The summed E-state index contributed by atoms with van der Waals surface area (Å²) < 4.78 is 49.2. The van der Waals surface area contributed by atoms with E-state index in [1.807, 2.05) is 13.8 Å².